The number of thiazole rings is 1. The van der Waals surface area contributed by atoms with Crippen molar-refractivity contribution in [2.24, 2.45) is 0 Å². The Morgan fingerprint density at radius 2 is 0.828 bits per heavy atom. The summed E-state index contributed by atoms with van der Waals surface area (Å²) in [5.41, 5.74) is 10.5. The van der Waals surface area contributed by atoms with Crippen molar-refractivity contribution in [3.8, 4) is 11.3 Å². The molecule has 0 saturated carbocycles. The second-order valence-electron chi connectivity index (χ2n) is 14.2. The van der Waals surface area contributed by atoms with Crippen LogP contribution in [0.15, 0.2) is 146 Å². The molecule has 0 aliphatic heterocycles. The fourth-order valence-electron chi connectivity index (χ4n) is 8.58. The summed E-state index contributed by atoms with van der Waals surface area (Å²) in [5.74, 6) is 0. The first-order valence-corrected chi connectivity index (χ1v) is 19.6. The number of benzene rings is 5. The molecule has 0 spiro atoms. The highest BCUT2D eigenvalue weighted by molar-refractivity contribution is 7.24. The lowest BCUT2D eigenvalue weighted by Gasteiger charge is -2.11. The standard InChI is InChI=1S/C47H24N10S/c1-2-11-26-25(10-1)27-12-3-5-14-29(27)36-37(30-15-6-4-13-28(26)30)56-45-41-40(50-22-23-51-41)43-42(38-39(44(45)55-36)49-21-20-48-38)52-24-33(53-43)31-16-9-19-35-46(31)58-47-54-32-17-7-8-18-34(32)57(35)47/h1-24H. The van der Waals surface area contributed by atoms with E-state index < -0.39 is 0 Å². The van der Waals surface area contributed by atoms with Gasteiger partial charge < -0.3 is 0 Å². The first-order valence-electron chi connectivity index (χ1n) is 18.8. The van der Waals surface area contributed by atoms with Crippen LogP contribution in [0.2, 0.25) is 0 Å². The molecule has 0 N–H and O–H groups in total. The lowest BCUT2D eigenvalue weighted by Crippen LogP contribution is -1.98. The van der Waals surface area contributed by atoms with Gasteiger partial charge in [0.1, 0.15) is 44.1 Å². The van der Waals surface area contributed by atoms with Gasteiger partial charge in [-0.15, -0.1) is 0 Å². The number of rotatable bonds is 1. The summed E-state index contributed by atoms with van der Waals surface area (Å²) >= 11 is 1.64. The van der Waals surface area contributed by atoms with Crippen LogP contribution in [0.4, 0.5) is 0 Å². The van der Waals surface area contributed by atoms with E-state index in [-0.39, 0.29) is 0 Å². The highest BCUT2D eigenvalue weighted by atomic mass is 32.1. The minimum Gasteiger partial charge on any atom is -0.283 e. The number of aromatic nitrogens is 10. The highest BCUT2D eigenvalue weighted by Gasteiger charge is 2.20. The SMILES string of the molecule is c1ccc2c(c1)nc1sc3c(-c4cnc5c6nccnc6c6nc7c8ccccc8c8ccccc8c8ccccc8c7nc6c6nccnc6c5n4)cccc3n12. The molecular formula is C47H24N10S. The van der Waals surface area contributed by atoms with Crippen LogP contribution in [-0.2, 0) is 0 Å². The van der Waals surface area contributed by atoms with Crippen LogP contribution in [-0.4, -0.2) is 49.3 Å². The molecule has 0 unspecified atom stereocenters. The van der Waals surface area contributed by atoms with Crippen molar-refractivity contribution in [3.05, 3.63) is 146 Å². The summed E-state index contributed by atoms with van der Waals surface area (Å²) in [6, 6.07) is 39.8. The second kappa shape index (κ2) is 11.8. The largest absolute Gasteiger partial charge is 0.283 e. The number of nitrogens with zero attached hydrogens (tertiary/aromatic N) is 10. The molecule has 0 amide bonds. The summed E-state index contributed by atoms with van der Waals surface area (Å²) in [6.07, 6.45) is 8.52. The van der Waals surface area contributed by atoms with Gasteiger partial charge in [-0.2, -0.15) is 0 Å². The third kappa shape index (κ3) is 4.33. The third-order valence-corrected chi connectivity index (χ3v) is 12.2. The van der Waals surface area contributed by atoms with E-state index in [0.717, 1.165) is 75.1 Å². The average Bonchev–Trinajstić information content (AvgIpc) is 3.84. The summed E-state index contributed by atoms with van der Waals surface area (Å²) < 4.78 is 3.27. The topological polar surface area (TPSA) is 120 Å². The van der Waals surface area contributed by atoms with Crippen molar-refractivity contribution in [3.63, 3.8) is 0 Å². The Labute approximate surface area is 330 Å². The minimum absolute atomic E-state index is 0.530. The van der Waals surface area contributed by atoms with Crippen LogP contribution < -0.4 is 0 Å². The molecule has 0 aliphatic rings. The molecule has 11 heteroatoms. The Hall–Kier alpha value is -7.89. The van der Waals surface area contributed by atoms with Gasteiger partial charge in [-0.1, -0.05) is 108 Å². The Bertz CT molecular complexity index is 4010. The molecule has 13 aromatic rings. The normalized spacial score (nSPS) is 12.1. The van der Waals surface area contributed by atoms with Crippen LogP contribution in [0.5, 0.6) is 0 Å². The molecule has 10 nitrogen and oxygen atoms in total. The van der Waals surface area contributed by atoms with Gasteiger partial charge in [-0.25, -0.2) is 24.9 Å². The molecule has 0 atom stereocenters. The maximum Gasteiger partial charge on any atom is 0.195 e. The first-order chi connectivity index (χ1) is 28.8. The molecule has 0 fully saturated rings. The van der Waals surface area contributed by atoms with Crippen molar-refractivity contribution < 1.29 is 0 Å². The quantitative estimate of drug-likeness (QED) is 0.161. The number of imidazole rings is 1. The van der Waals surface area contributed by atoms with Gasteiger partial charge in [0.15, 0.2) is 4.96 Å². The van der Waals surface area contributed by atoms with E-state index in [1.807, 2.05) is 36.5 Å². The fourth-order valence-corrected chi connectivity index (χ4v) is 9.74. The molecule has 0 aliphatic carbocycles. The van der Waals surface area contributed by atoms with Gasteiger partial charge in [-0.3, -0.25) is 24.3 Å². The number of hydrogen-bond donors (Lipinski definition) is 0. The van der Waals surface area contributed by atoms with Crippen molar-refractivity contribution >= 4 is 125 Å². The van der Waals surface area contributed by atoms with E-state index in [2.05, 4.69) is 89.3 Å². The summed E-state index contributed by atoms with van der Waals surface area (Å²) in [7, 11) is 0. The summed E-state index contributed by atoms with van der Waals surface area (Å²) in [5, 5.41) is 6.32. The Morgan fingerprint density at radius 1 is 0.362 bits per heavy atom. The van der Waals surface area contributed by atoms with E-state index in [0.29, 0.717) is 49.8 Å². The predicted molar refractivity (Wildman–Crippen MR) is 234 cm³/mol. The van der Waals surface area contributed by atoms with Crippen molar-refractivity contribution in [2.75, 3.05) is 0 Å². The zero-order valence-electron chi connectivity index (χ0n) is 30.2. The van der Waals surface area contributed by atoms with Crippen molar-refractivity contribution in [1.82, 2.24) is 49.3 Å². The summed E-state index contributed by atoms with van der Waals surface area (Å²) in [6.45, 7) is 0. The Morgan fingerprint density at radius 3 is 1.43 bits per heavy atom. The average molecular weight is 761 g/mol. The number of hydrogen-bond acceptors (Lipinski definition) is 10. The molecular weight excluding hydrogens is 737 g/mol. The third-order valence-electron chi connectivity index (χ3n) is 11.1. The fraction of sp³-hybridized carbons (Fsp3) is 0. The molecule has 0 saturated heterocycles. The van der Waals surface area contributed by atoms with Crippen LogP contribution in [0.25, 0.3) is 125 Å². The smallest absolute Gasteiger partial charge is 0.195 e. The van der Waals surface area contributed by atoms with Crippen molar-refractivity contribution in [2.45, 2.75) is 0 Å². The van der Waals surface area contributed by atoms with Crippen LogP contribution in [0.1, 0.15) is 0 Å². The van der Waals surface area contributed by atoms with E-state index in [4.69, 9.17) is 44.9 Å². The maximum atomic E-state index is 5.56. The molecule has 6 heterocycles. The number of fused-ring (bicyclic) bond motifs is 21. The van der Waals surface area contributed by atoms with Gasteiger partial charge in [-0.05, 0) is 39.7 Å². The zero-order chi connectivity index (χ0) is 37.9. The first kappa shape index (κ1) is 31.3. The molecule has 0 bridgehead atoms. The lowest BCUT2D eigenvalue weighted by molar-refractivity contribution is 1.25. The molecule has 0 radical (unpaired) electrons. The highest BCUT2D eigenvalue weighted by Crippen LogP contribution is 2.39. The van der Waals surface area contributed by atoms with Gasteiger partial charge in [0, 0.05) is 41.1 Å². The van der Waals surface area contributed by atoms with Crippen LogP contribution >= 0.6 is 11.3 Å². The Balaban J connectivity index is 1.21. The van der Waals surface area contributed by atoms with E-state index in [1.54, 1.807) is 36.1 Å². The predicted octanol–water partition coefficient (Wildman–Crippen LogP) is 10.9. The summed E-state index contributed by atoms with van der Waals surface area (Å²) in [4.78, 5) is 47.2. The zero-order valence-corrected chi connectivity index (χ0v) is 31.1. The molecule has 7 aromatic carbocycles. The van der Waals surface area contributed by atoms with E-state index in [9.17, 15) is 0 Å². The van der Waals surface area contributed by atoms with Gasteiger partial charge in [0.05, 0.1) is 44.2 Å². The van der Waals surface area contributed by atoms with Crippen LogP contribution in [0, 0.1) is 0 Å². The Kier molecular flexibility index (Phi) is 6.38. The molecule has 13 rings (SSSR count). The van der Waals surface area contributed by atoms with Gasteiger partial charge >= 0.3 is 0 Å². The molecule has 58 heavy (non-hydrogen) atoms. The monoisotopic (exact) mass is 760 g/mol. The van der Waals surface area contributed by atoms with E-state index >= 15 is 0 Å². The molecule has 6 aromatic heterocycles. The van der Waals surface area contributed by atoms with Gasteiger partial charge in [0.25, 0.3) is 0 Å². The minimum atomic E-state index is 0.530. The number of para-hydroxylation sites is 2. The second-order valence-corrected chi connectivity index (χ2v) is 15.2. The molecule has 268 valence electrons. The maximum absolute atomic E-state index is 5.56. The van der Waals surface area contributed by atoms with Gasteiger partial charge in [0.2, 0.25) is 0 Å². The van der Waals surface area contributed by atoms with E-state index in [1.165, 1.54) is 0 Å². The van der Waals surface area contributed by atoms with Crippen molar-refractivity contribution in [1.29, 1.82) is 0 Å². The lowest BCUT2D eigenvalue weighted by atomic mass is 9.98. The van der Waals surface area contributed by atoms with Crippen LogP contribution in [0.3, 0.4) is 0 Å².